The van der Waals surface area contributed by atoms with Crippen molar-refractivity contribution in [3.8, 4) is 0 Å². The normalized spacial score (nSPS) is 22.9. The van der Waals surface area contributed by atoms with Gasteiger partial charge in [0.05, 0.1) is 6.10 Å². The van der Waals surface area contributed by atoms with Crippen LogP contribution in [0.25, 0.3) is 0 Å². The molecule has 1 aliphatic rings. The van der Waals surface area contributed by atoms with E-state index in [4.69, 9.17) is 4.52 Å². The first-order valence-corrected chi connectivity index (χ1v) is 17.6. The van der Waals surface area contributed by atoms with Crippen molar-refractivity contribution in [1.82, 2.24) is 5.32 Å². The van der Waals surface area contributed by atoms with Crippen molar-refractivity contribution in [3.63, 3.8) is 0 Å². The fourth-order valence-electron chi connectivity index (χ4n) is 8.96. The largest absolute Gasteiger partial charge is 0.328 e. The standard InChI is InChI=1S/C39H64NO3P/c1-23-27(34(3,4)5)21-19-25(29(23)36(9,10)11)31-33(43-44(41)42)32(39(17,18)40-38(31,15)16)26-20-22-28(35(6,7)8)24(2)30(26)37(12,13)14/h19-22,31-33,40-42H,1-18H3. The van der Waals surface area contributed by atoms with Crippen molar-refractivity contribution < 1.29 is 14.3 Å². The van der Waals surface area contributed by atoms with Crippen LogP contribution in [-0.4, -0.2) is 27.0 Å². The summed E-state index contributed by atoms with van der Waals surface area (Å²) in [5.74, 6) is -0.302. The maximum Gasteiger partial charge on any atom is 0.327 e. The summed E-state index contributed by atoms with van der Waals surface area (Å²) in [5.41, 5.74) is 9.35. The Bertz CT molecular complexity index is 1260. The minimum Gasteiger partial charge on any atom is -0.328 e. The van der Waals surface area contributed by atoms with Gasteiger partial charge in [-0.2, -0.15) is 0 Å². The van der Waals surface area contributed by atoms with Crippen LogP contribution in [0, 0.1) is 13.8 Å². The van der Waals surface area contributed by atoms with E-state index in [1.807, 2.05) is 0 Å². The summed E-state index contributed by atoms with van der Waals surface area (Å²) in [4.78, 5) is 21.2. The molecule has 248 valence electrons. The lowest BCUT2D eigenvalue weighted by Crippen LogP contribution is -2.67. The van der Waals surface area contributed by atoms with Gasteiger partial charge in [-0.05, 0) is 108 Å². The van der Waals surface area contributed by atoms with E-state index < -0.39 is 25.8 Å². The molecule has 0 spiro atoms. The molecule has 1 aliphatic heterocycles. The van der Waals surface area contributed by atoms with Gasteiger partial charge in [0, 0.05) is 22.9 Å². The highest BCUT2D eigenvalue weighted by atomic mass is 31.2. The van der Waals surface area contributed by atoms with E-state index in [0.29, 0.717) is 0 Å². The van der Waals surface area contributed by atoms with Gasteiger partial charge >= 0.3 is 8.60 Å². The zero-order valence-corrected chi connectivity index (χ0v) is 32.2. The molecule has 2 aromatic carbocycles. The van der Waals surface area contributed by atoms with Gasteiger partial charge in [-0.3, -0.25) is 0 Å². The molecular weight excluding hydrogens is 561 g/mol. The average Bonchev–Trinajstić information content (AvgIpc) is 2.73. The second kappa shape index (κ2) is 11.7. The molecule has 0 bridgehead atoms. The van der Waals surface area contributed by atoms with Crippen LogP contribution in [0.5, 0.6) is 0 Å². The summed E-state index contributed by atoms with van der Waals surface area (Å²) >= 11 is 0. The van der Waals surface area contributed by atoms with Gasteiger partial charge in [-0.1, -0.05) is 107 Å². The lowest BCUT2D eigenvalue weighted by atomic mass is 9.58. The van der Waals surface area contributed by atoms with Crippen LogP contribution in [0.4, 0.5) is 0 Å². The van der Waals surface area contributed by atoms with Crippen molar-refractivity contribution >= 4 is 8.60 Å². The van der Waals surface area contributed by atoms with Gasteiger partial charge in [0.15, 0.2) is 0 Å². The quantitative estimate of drug-likeness (QED) is 0.296. The maximum absolute atomic E-state index is 10.6. The summed E-state index contributed by atoms with van der Waals surface area (Å²) in [7, 11) is -2.61. The topological polar surface area (TPSA) is 61.7 Å². The number of benzene rings is 2. The first kappa shape index (κ1) is 37.2. The molecule has 4 nitrogen and oxygen atoms in total. The van der Waals surface area contributed by atoms with Crippen LogP contribution in [0.2, 0.25) is 0 Å². The molecule has 3 rings (SSSR count). The van der Waals surface area contributed by atoms with Gasteiger partial charge in [0.25, 0.3) is 0 Å². The number of nitrogens with one attached hydrogen (secondary N) is 1. The van der Waals surface area contributed by atoms with Crippen LogP contribution in [0.1, 0.15) is 167 Å². The SMILES string of the molecule is Cc1c(C(C)(C)C)ccc(C2C(OP(O)O)C(c3ccc(C(C)(C)C)c(C)c3C(C)(C)C)C(C)(C)NC2(C)C)c1C(C)(C)C. The fraction of sp³-hybridized carbons (Fsp3) is 0.692. The van der Waals surface area contributed by atoms with E-state index >= 15 is 0 Å². The minimum atomic E-state index is -2.61. The Labute approximate surface area is 271 Å². The molecule has 0 saturated carbocycles. The third kappa shape index (κ3) is 7.16. The summed E-state index contributed by atoms with van der Waals surface area (Å²) in [5, 5.41) is 4.08. The second-order valence-corrected chi connectivity index (χ2v) is 19.5. The highest BCUT2D eigenvalue weighted by Gasteiger charge is 2.56. The third-order valence-electron chi connectivity index (χ3n) is 9.85. The first-order valence-electron chi connectivity index (χ1n) is 16.5. The Hall–Kier alpha value is -1.29. The van der Waals surface area contributed by atoms with Gasteiger partial charge in [0.2, 0.25) is 0 Å². The van der Waals surface area contributed by atoms with Crippen molar-refractivity contribution in [3.05, 3.63) is 68.8 Å². The van der Waals surface area contributed by atoms with Gasteiger partial charge in [-0.15, -0.1) is 0 Å². The van der Waals surface area contributed by atoms with Crippen LogP contribution >= 0.6 is 8.60 Å². The summed E-state index contributed by atoms with van der Waals surface area (Å²) in [6, 6.07) is 9.21. The average molecular weight is 626 g/mol. The van der Waals surface area contributed by atoms with E-state index in [2.05, 4.69) is 154 Å². The smallest absolute Gasteiger partial charge is 0.327 e. The molecule has 44 heavy (non-hydrogen) atoms. The molecule has 1 saturated heterocycles. The zero-order valence-electron chi connectivity index (χ0n) is 31.3. The highest BCUT2D eigenvalue weighted by Crippen LogP contribution is 2.56. The predicted molar refractivity (Wildman–Crippen MR) is 190 cm³/mol. The number of hydrogen-bond acceptors (Lipinski definition) is 4. The third-order valence-corrected chi connectivity index (χ3v) is 10.3. The van der Waals surface area contributed by atoms with Gasteiger partial charge < -0.3 is 19.6 Å². The summed E-state index contributed by atoms with van der Waals surface area (Å²) in [6.07, 6.45) is -0.482. The number of piperidine rings is 1. The van der Waals surface area contributed by atoms with Crippen LogP contribution < -0.4 is 5.32 Å². The monoisotopic (exact) mass is 625 g/mol. The van der Waals surface area contributed by atoms with E-state index in [9.17, 15) is 9.79 Å². The lowest BCUT2D eigenvalue weighted by molar-refractivity contribution is 0.000274. The first-order chi connectivity index (χ1) is 19.5. The molecule has 3 N–H and O–H groups in total. The van der Waals surface area contributed by atoms with Crippen LogP contribution in [0.3, 0.4) is 0 Å². The van der Waals surface area contributed by atoms with E-state index in [1.165, 1.54) is 44.5 Å². The predicted octanol–water partition coefficient (Wildman–Crippen LogP) is 10.1. The molecule has 0 aliphatic carbocycles. The molecule has 2 aromatic rings. The summed E-state index contributed by atoms with van der Waals surface area (Å²) in [6.45, 7) is 41.0. The van der Waals surface area contributed by atoms with Gasteiger partial charge in [0.1, 0.15) is 0 Å². The molecular formula is C39H64NO3P. The molecule has 1 heterocycles. The Kier molecular flexibility index (Phi) is 9.92. The Morgan fingerprint density at radius 2 is 0.909 bits per heavy atom. The number of hydrogen-bond donors (Lipinski definition) is 3. The number of rotatable bonds is 4. The van der Waals surface area contributed by atoms with E-state index in [1.54, 1.807) is 0 Å². The Morgan fingerprint density at radius 3 is 1.16 bits per heavy atom. The van der Waals surface area contributed by atoms with Crippen molar-refractivity contribution in [2.75, 3.05) is 0 Å². The van der Waals surface area contributed by atoms with Crippen molar-refractivity contribution in [1.29, 1.82) is 0 Å². The van der Waals surface area contributed by atoms with Crippen molar-refractivity contribution in [2.24, 2.45) is 0 Å². The van der Waals surface area contributed by atoms with Gasteiger partial charge in [-0.25, -0.2) is 0 Å². The highest BCUT2D eigenvalue weighted by molar-refractivity contribution is 7.39. The zero-order chi connectivity index (χ0) is 34.2. The molecule has 0 aromatic heterocycles. The summed E-state index contributed by atoms with van der Waals surface area (Å²) < 4.78 is 6.44. The van der Waals surface area contributed by atoms with E-state index in [-0.39, 0.29) is 33.5 Å². The minimum absolute atomic E-state index is 0.00182. The van der Waals surface area contributed by atoms with Crippen LogP contribution in [0.15, 0.2) is 24.3 Å². The molecule has 0 radical (unpaired) electrons. The molecule has 5 heteroatoms. The molecule has 0 amide bonds. The maximum atomic E-state index is 10.6. The van der Waals surface area contributed by atoms with Crippen LogP contribution in [-0.2, 0) is 26.2 Å². The van der Waals surface area contributed by atoms with E-state index in [0.717, 1.165) is 0 Å². The molecule has 2 unspecified atom stereocenters. The van der Waals surface area contributed by atoms with Crippen molar-refractivity contribution in [2.45, 2.75) is 175 Å². The lowest BCUT2D eigenvalue weighted by Gasteiger charge is -2.57. The second-order valence-electron chi connectivity index (χ2n) is 18.8. The Balaban J connectivity index is 2.50. The fourth-order valence-corrected chi connectivity index (χ4v) is 9.42. The molecule has 1 fully saturated rings. The molecule has 2 atom stereocenters. The Morgan fingerprint density at radius 1 is 0.591 bits per heavy atom.